The predicted molar refractivity (Wildman–Crippen MR) is 74.0 cm³/mol. The lowest BCUT2D eigenvalue weighted by Gasteiger charge is -2.26. The summed E-state index contributed by atoms with van der Waals surface area (Å²) in [6.07, 6.45) is -0.994. The summed E-state index contributed by atoms with van der Waals surface area (Å²) in [6.45, 7) is 0.0348. The quantitative estimate of drug-likeness (QED) is 0.388. The number of benzene rings is 1. The highest BCUT2D eigenvalue weighted by molar-refractivity contribution is 5.83. The van der Waals surface area contributed by atoms with Crippen LogP contribution in [0.4, 0.5) is 10.5 Å². The van der Waals surface area contributed by atoms with Gasteiger partial charge in [-0.3, -0.25) is 19.7 Å². The smallest absolute Gasteiger partial charge is 0.407 e. The van der Waals surface area contributed by atoms with Crippen LogP contribution in [0.5, 0.6) is 0 Å². The summed E-state index contributed by atoms with van der Waals surface area (Å²) in [5, 5.41) is 20.3. The summed E-state index contributed by atoms with van der Waals surface area (Å²) in [5.41, 5.74) is -0.985. The van der Waals surface area contributed by atoms with Gasteiger partial charge in [0.2, 0.25) is 0 Å². The molecule has 0 aliphatic carbocycles. The summed E-state index contributed by atoms with van der Waals surface area (Å²) < 4.78 is 0. The van der Waals surface area contributed by atoms with Gasteiger partial charge in [-0.15, -0.1) is 0 Å². The maximum absolute atomic E-state index is 11.5. The molecular weight excluding hydrogens is 296 g/mol. The lowest BCUT2D eigenvalue weighted by molar-refractivity contribution is -0.385. The first-order valence-electron chi connectivity index (χ1n) is 6.32. The third-order valence-electron chi connectivity index (χ3n) is 3.67. The number of H-pyrrole nitrogens is 2. The highest BCUT2D eigenvalue weighted by Crippen LogP contribution is 2.32. The monoisotopic (exact) mass is 306 g/mol. The summed E-state index contributed by atoms with van der Waals surface area (Å²) in [4.78, 5) is 50.3. The van der Waals surface area contributed by atoms with Crippen molar-refractivity contribution in [2.45, 2.75) is 13.0 Å². The van der Waals surface area contributed by atoms with E-state index in [9.17, 15) is 24.5 Å². The van der Waals surface area contributed by atoms with Gasteiger partial charge in [0.05, 0.1) is 22.5 Å². The van der Waals surface area contributed by atoms with Crippen LogP contribution in [-0.2, 0) is 13.0 Å². The molecule has 10 nitrogen and oxygen atoms in total. The SMILES string of the molecule is O=C(O)N1CCc2c([N+](=O)[O-])cc3[nH]c(=O)c(=O)[nH]c3c2C1. The average Bonchev–Trinajstić information content (AvgIpc) is 2.47. The van der Waals surface area contributed by atoms with Crippen LogP contribution < -0.4 is 11.1 Å². The number of fused-ring (bicyclic) bond motifs is 3. The van der Waals surface area contributed by atoms with Crippen LogP contribution in [0.25, 0.3) is 11.0 Å². The van der Waals surface area contributed by atoms with E-state index in [0.717, 1.165) is 4.90 Å². The molecule has 3 rings (SSSR count). The molecule has 2 aromatic rings. The molecule has 10 heteroatoms. The zero-order valence-corrected chi connectivity index (χ0v) is 11.1. The normalized spacial score (nSPS) is 13.9. The fraction of sp³-hybridized carbons (Fsp3) is 0.250. The van der Waals surface area contributed by atoms with Crippen molar-refractivity contribution in [2.24, 2.45) is 0 Å². The Morgan fingerprint density at radius 3 is 2.59 bits per heavy atom. The molecule has 0 unspecified atom stereocenters. The minimum Gasteiger partial charge on any atom is -0.465 e. The molecule has 1 aromatic carbocycles. The van der Waals surface area contributed by atoms with Gasteiger partial charge >= 0.3 is 17.2 Å². The van der Waals surface area contributed by atoms with Crippen LogP contribution in [-0.4, -0.2) is 37.5 Å². The van der Waals surface area contributed by atoms with Crippen molar-refractivity contribution in [1.29, 1.82) is 0 Å². The number of rotatable bonds is 1. The molecule has 1 aliphatic heterocycles. The highest BCUT2D eigenvalue weighted by atomic mass is 16.6. The summed E-state index contributed by atoms with van der Waals surface area (Å²) in [6, 6.07) is 1.18. The molecule has 0 radical (unpaired) electrons. The van der Waals surface area contributed by atoms with Crippen molar-refractivity contribution < 1.29 is 14.8 Å². The van der Waals surface area contributed by atoms with E-state index in [1.54, 1.807) is 0 Å². The Kier molecular flexibility index (Phi) is 2.94. The second-order valence-electron chi connectivity index (χ2n) is 4.89. The molecule has 3 N–H and O–H groups in total. The van der Waals surface area contributed by atoms with Gasteiger partial charge in [-0.1, -0.05) is 0 Å². The van der Waals surface area contributed by atoms with Gasteiger partial charge in [0.25, 0.3) is 5.69 Å². The minimum absolute atomic E-state index is 0.0924. The van der Waals surface area contributed by atoms with E-state index in [2.05, 4.69) is 9.97 Å². The zero-order valence-electron chi connectivity index (χ0n) is 11.1. The van der Waals surface area contributed by atoms with Crippen LogP contribution in [0.2, 0.25) is 0 Å². The van der Waals surface area contributed by atoms with Crippen LogP contribution in [0.3, 0.4) is 0 Å². The largest absolute Gasteiger partial charge is 0.465 e. The molecule has 114 valence electrons. The van der Waals surface area contributed by atoms with E-state index in [-0.39, 0.29) is 36.2 Å². The van der Waals surface area contributed by atoms with Crippen molar-refractivity contribution in [2.75, 3.05) is 6.54 Å². The number of amides is 1. The van der Waals surface area contributed by atoms with Crippen molar-refractivity contribution in [1.82, 2.24) is 14.9 Å². The predicted octanol–water partition coefficient (Wildman–Crippen LogP) is 0.161. The van der Waals surface area contributed by atoms with E-state index < -0.39 is 22.1 Å². The maximum atomic E-state index is 11.5. The number of aromatic nitrogens is 2. The lowest BCUT2D eigenvalue weighted by Crippen LogP contribution is -2.36. The first-order chi connectivity index (χ1) is 10.4. The number of hydrogen-bond acceptors (Lipinski definition) is 5. The van der Waals surface area contributed by atoms with E-state index in [4.69, 9.17) is 5.11 Å². The average molecular weight is 306 g/mol. The van der Waals surface area contributed by atoms with E-state index in [1.165, 1.54) is 6.07 Å². The summed E-state index contributed by atoms with van der Waals surface area (Å²) in [5.74, 6) is 0. The fourth-order valence-electron chi connectivity index (χ4n) is 2.65. The molecule has 1 aliphatic rings. The van der Waals surface area contributed by atoms with E-state index >= 15 is 0 Å². The van der Waals surface area contributed by atoms with Crippen LogP contribution >= 0.6 is 0 Å². The first-order valence-corrected chi connectivity index (χ1v) is 6.32. The van der Waals surface area contributed by atoms with Crippen LogP contribution in [0.15, 0.2) is 15.7 Å². The summed E-state index contributed by atoms with van der Waals surface area (Å²) in [7, 11) is 0. The molecule has 1 amide bonds. The molecule has 1 aromatic heterocycles. The number of aromatic amines is 2. The van der Waals surface area contributed by atoms with Crippen LogP contribution in [0.1, 0.15) is 11.1 Å². The van der Waals surface area contributed by atoms with Gasteiger partial charge < -0.3 is 20.0 Å². The van der Waals surface area contributed by atoms with Gasteiger partial charge in [0, 0.05) is 23.7 Å². The Morgan fingerprint density at radius 1 is 1.27 bits per heavy atom. The third kappa shape index (κ3) is 2.01. The minimum atomic E-state index is -1.16. The Balaban J connectivity index is 2.36. The maximum Gasteiger partial charge on any atom is 0.407 e. The second kappa shape index (κ2) is 4.69. The fourth-order valence-corrected chi connectivity index (χ4v) is 2.65. The molecule has 2 heterocycles. The molecule has 0 saturated heterocycles. The molecule has 22 heavy (non-hydrogen) atoms. The van der Waals surface area contributed by atoms with Gasteiger partial charge in [0.1, 0.15) is 0 Å². The van der Waals surface area contributed by atoms with Crippen LogP contribution in [0, 0.1) is 10.1 Å². The topological polar surface area (TPSA) is 149 Å². The first kappa shape index (κ1) is 13.8. The number of carbonyl (C=O) groups is 1. The Morgan fingerprint density at radius 2 is 1.95 bits per heavy atom. The number of nitrogens with one attached hydrogen (secondary N) is 2. The standard InChI is InChI=1S/C12H10N4O6/c17-10-11(18)14-9-6-4-15(12(19)20)2-1-5(6)8(16(21)22)3-7(9)13-10/h3H,1-2,4H2,(H,13,17)(H,14,18)(H,19,20). The van der Waals surface area contributed by atoms with Gasteiger partial charge in [-0.05, 0) is 6.42 Å². The van der Waals surface area contributed by atoms with Crippen molar-refractivity contribution in [3.8, 4) is 0 Å². The second-order valence-corrected chi connectivity index (χ2v) is 4.89. The highest BCUT2D eigenvalue weighted by Gasteiger charge is 2.29. The zero-order chi connectivity index (χ0) is 16.0. The number of nitro groups is 1. The summed E-state index contributed by atoms with van der Waals surface area (Å²) >= 11 is 0. The third-order valence-corrected chi connectivity index (χ3v) is 3.67. The Labute approximate surface area is 121 Å². The molecule has 0 spiro atoms. The molecule has 0 atom stereocenters. The number of hydrogen-bond donors (Lipinski definition) is 3. The molecule has 0 saturated carbocycles. The number of nitrogens with zero attached hydrogens (tertiary/aromatic N) is 2. The molecular formula is C12H10N4O6. The van der Waals surface area contributed by atoms with Crippen molar-refractivity contribution in [3.05, 3.63) is 48.0 Å². The lowest BCUT2D eigenvalue weighted by atomic mass is 9.96. The molecule has 0 bridgehead atoms. The van der Waals surface area contributed by atoms with Gasteiger partial charge in [-0.25, -0.2) is 4.79 Å². The Hall–Kier alpha value is -3.17. The Bertz CT molecular complexity index is 928. The molecule has 0 fully saturated rings. The van der Waals surface area contributed by atoms with Crippen molar-refractivity contribution >= 4 is 22.8 Å². The number of carboxylic acid groups (broad SMARTS) is 1. The van der Waals surface area contributed by atoms with Gasteiger partial charge in [-0.2, -0.15) is 0 Å². The van der Waals surface area contributed by atoms with Gasteiger partial charge in [0.15, 0.2) is 0 Å². The van der Waals surface area contributed by atoms with Crippen molar-refractivity contribution in [3.63, 3.8) is 0 Å². The van der Waals surface area contributed by atoms with E-state index in [0.29, 0.717) is 11.1 Å². The van der Waals surface area contributed by atoms with E-state index in [1.807, 2.05) is 0 Å². The number of nitro benzene ring substituents is 1.